The summed E-state index contributed by atoms with van der Waals surface area (Å²) in [5.41, 5.74) is 2.09. The Labute approximate surface area is 119 Å². The fourth-order valence-electron chi connectivity index (χ4n) is 2.25. The van der Waals surface area contributed by atoms with Crippen molar-refractivity contribution >= 4 is 18.0 Å². The van der Waals surface area contributed by atoms with Gasteiger partial charge in [-0.25, -0.2) is 0 Å². The van der Waals surface area contributed by atoms with E-state index in [0.29, 0.717) is 19.6 Å². The van der Waals surface area contributed by atoms with Crippen LogP contribution in [0.2, 0.25) is 0 Å². The molecule has 2 rings (SSSR count). The third-order valence-electron chi connectivity index (χ3n) is 3.57. The Hall–Kier alpha value is -1.88. The van der Waals surface area contributed by atoms with E-state index in [4.69, 9.17) is 0 Å². The van der Waals surface area contributed by atoms with Crippen molar-refractivity contribution in [2.45, 2.75) is 13.3 Å². The molecular weight excluding hydrogens is 254 g/mol. The normalized spacial score (nSPS) is 15.9. The van der Waals surface area contributed by atoms with Crippen LogP contribution in [0.25, 0.3) is 0 Å². The van der Waals surface area contributed by atoms with Gasteiger partial charge in [-0.3, -0.25) is 14.5 Å². The van der Waals surface area contributed by atoms with Gasteiger partial charge in [-0.1, -0.05) is 19.1 Å². The van der Waals surface area contributed by atoms with Gasteiger partial charge in [0.15, 0.2) is 0 Å². The van der Waals surface area contributed by atoms with E-state index in [1.54, 1.807) is 4.90 Å². The first-order chi connectivity index (χ1) is 9.71. The van der Waals surface area contributed by atoms with Crippen LogP contribution >= 0.6 is 0 Å². The molecule has 0 unspecified atom stereocenters. The van der Waals surface area contributed by atoms with Gasteiger partial charge in [-0.05, 0) is 24.1 Å². The molecule has 5 heteroatoms. The summed E-state index contributed by atoms with van der Waals surface area (Å²) in [6.07, 6.45) is 1.86. The van der Waals surface area contributed by atoms with Crippen LogP contribution in [0.15, 0.2) is 24.3 Å². The molecule has 1 saturated heterocycles. The van der Waals surface area contributed by atoms with E-state index in [0.717, 1.165) is 31.6 Å². The van der Waals surface area contributed by atoms with E-state index in [9.17, 15) is 9.59 Å². The third-order valence-corrected chi connectivity index (χ3v) is 3.57. The smallest absolute Gasteiger partial charge is 0.238 e. The van der Waals surface area contributed by atoms with E-state index in [1.165, 1.54) is 5.56 Å². The van der Waals surface area contributed by atoms with Gasteiger partial charge in [-0.2, -0.15) is 0 Å². The molecular formula is C15H21N3O2. The van der Waals surface area contributed by atoms with E-state index < -0.39 is 0 Å². The van der Waals surface area contributed by atoms with E-state index in [-0.39, 0.29) is 5.91 Å². The van der Waals surface area contributed by atoms with Crippen molar-refractivity contribution in [1.82, 2.24) is 9.80 Å². The van der Waals surface area contributed by atoms with Gasteiger partial charge >= 0.3 is 0 Å². The van der Waals surface area contributed by atoms with Crippen molar-refractivity contribution in [2.75, 3.05) is 38.0 Å². The second kappa shape index (κ2) is 7.05. The molecule has 0 aliphatic carbocycles. The molecule has 20 heavy (non-hydrogen) atoms. The number of amides is 2. The minimum absolute atomic E-state index is 0.00574. The standard InChI is InChI=1S/C15H21N3O2/c1-2-13-3-5-14(6-4-13)16-15(20)11-17-7-9-18(12-19)10-8-17/h3-6,12H,2,7-11H2,1H3,(H,16,20). The number of nitrogens with one attached hydrogen (secondary N) is 1. The van der Waals surface area contributed by atoms with Crippen LogP contribution in [-0.2, 0) is 16.0 Å². The number of carbonyl (C=O) groups excluding carboxylic acids is 2. The number of benzene rings is 1. The summed E-state index contributed by atoms with van der Waals surface area (Å²) in [5, 5.41) is 2.90. The van der Waals surface area contributed by atoms with Gasteiger partial charge in [-0.15, -0.1) is 0 Å². The highest BCUT2D eigenvalue weighted by molar-refractivity contribution is 5.92. The average molecular weight is 275 g/mol. The van der Waals surface area contributed by atoms with Gasteiger partial charge in [0, 0.05) is 31.9 Å². The molecule has 2 amide bonds. The monoisotopic (exact) mass is 275 g/mol. The number of rotatable bonds is 5. The summed E-state index contributed by atoms with van der Waals surface area (Å²) in [7, 11) is 0. The van der Waals surface area contributed by atoms with E-state index in [2.05, 4.69) is 17.1 Å². The number of nitrogens with zero attached hydrogens (tertiary/aromatic N) is 2. The molecule has 1 aromatic rings. The largest absolute Gasteiger partial charge is 0.343 e. The quantitative estimate of drug-likeness (QED) is 0.814. The summed E-state index contributed by atoms with van der Waals surface area (Å²) in [6, 6.07) is 7.92. The van der Waals surface area contributed by atoms with Crippen molar-refractivity contribution in [3.05, 3.63) is 29.8 Å². The minimum Gasteiger partial charge on any atom is -0.343 e. The SMILES string of the molecule is CCc1ccc(NC(=O)CN2CCN(C=O)CC2)cc1. The number of aryl methyl sites for hydroxylation is 1. The van der Waals surface area contributed by atoms with Crippen LogP contribution in [0, 0.1) is 0 Å². The fourth-order valence-corrected chi connectivity index (χ4v) is 2.25. The van der Waals surface area contributed by atoms with Crippen LogP contribution in [-0.4, -0.2) is 54.8 Å². The molecule has 0 radical (unpaired) electrons. The molecule has 1 heterocycles. The molecule has 0 bridgehead atoms. The first-order valence-electron chi connectivity index (χ1n) is 7.01. The van der Waals surface area contributed by atoms with Crippen LogP contribution < -0.4 is 5.32 Å². The fraction of sp³-hybridized carbons (Fsp3) is 0.467. The molecule has 1 N–H and O–H groups in total. The Morgan fingerprint density at radius 1 is 1.20 bits per heavy atom. The van der Waals surface area contributed by atoms with Gasteiger partial charge in [0.05, 0.1) is 6.54 Å². The summed E-state index contributed by atoms with van der Waals surface area (Å²) in [5.74, 6) is -0.00574. The molecule has 108 valence electrons. The number of carbonyl (C=O) groups is 2. The summed E-state index contributed by atoms with van der Waals surface area (Å²) in [6.45, 7) is 5.38. The number of hydrogen-bond acceptors (Lipinski definition) is 3. The van der Waals surface area contributed by atoms with Gasteiger partial charge in [0.1, 0.15) is 0 Å². The third kappa shape index (κ3) is 4.06. The molecule has 1 aromatic carbocycles. The van der Waals surface area contributed by atoms with Crippen LogP contribution in [0.4, 0.5) is 5.69 Å². The van der Waals surface area contributed by atoms with Crippen molar-refractivity contribution in [2.24, 2.45) is 0 Å². The lowest BCUT2D eigenvalue weighted by Gasteiger charge is -2.31. The van der Waals surface area contributed by atoms with Gasteiger partial charge in [0.25, 0.3) is 0 Å². The Bertz CT molecular complexity index is 451. The van der Waals surface area contributed by atoms with E-state index in [1.807, 2.05) is 24.3 Å². The zero-order valence-electron chi connectivity index (χ0n) is 11.8. The molecule has 1 aliphatic rings. The lowest BCUT2D eigenvalue weighted by Crippen LogP contribution is -2.48. The second-order valence-electron chi connectivity index (χ2n) is 5.02. The average Bonchev–Trinajstić information content (AvgIpc) is 2.49. The molecule has 0 aromatic heterocycles. The Morgan fingerprint density at radius 3 is 2.40 bits per heavy atom. The Kier molecular flexibility index (Phi) is 5.12. The van der Waals surface area contributed by atoms with E-state index >= 15 is 0 Å². The number of piperazine rings is 1. The molecule has 0 spiro atoms. The van der Waals surface area contributed by atoms with Crippen LogP contribution in [0.1, 0.15) is 12.5 Å². The van der Waals surface area contributed by atoms with Crippen molar-refractivity contribution in [3.63, 3.8) is 0 Å². The first kappa shape index (κ1) is 14.5. The summed E-state index contributed by atoms with van der Waals surface area (Å²) < 4.78 is 0. The molecule has 0 atom stereocenters. The predicted molar refractivity (Wildman–Crippen MR) is 78.5 cm³/mol. The lowest BCUT2D eigenvalue weighted by atomic mass is 10.1. The molecule has 0 saturated carbocycles. The zero-order chi connectivity index (χ0) is 14.4. The Balaban J connectivity index is 1.78. The molecule has 1 fully saturated rings. The van der Waals surface area contributed by atoms with Gasteiger partial charge < -0.3 is 10.2 Å². The first-order valence-corrected chi connectivity index (χ1v) is 7.01. The highest BCUT2D eigenvalue weighted by atomic mass is 16.2. The maximum Gasteiger partial charge on any atom is 0.238 e. The summed E-state index contributed by atoms with van der Waals surface area (Å²) >= 11 is 0. The van der Waals surface area contributed by atoms with Crippen molar-refractivity contribution in [1.29, 1.82) is 0 Å². The number of hydrogen-bond donors (Lipinski definition) is 1. The minimum atomic E-state index is -0.00574. The maximum absolute atomic E-state index is 12.0. The zero-order valence-corrected chi connectivity index (χ0v) is 11.8. The maximum atomic E-state index is 12.0. The topological polar surface area (TPSA) is 52.7 Å². The Morgan fingerprint density at radius 2 is 1.85 bits per heavy atom. The van der Waals surface area contributed by atoms with Crippen molar-refractivity contribution in [3.8, 4) is 0 Å². The lowest BCUT2D eigenvalue weighted by molar-refractivity contribution is -0.120. The molecule has 5 nitrogen and oxygen atoms in total. The number of anilines is 1. The second-order valence-corrected chi connectivity index (χ2v) is 5.02. The van der Waals surface area contributed by atoms with Crippen LogP contribution in [0.3, 0.4) is 0 Å². The van der Waals surface area contributed by atoms with Crippen molar-refractivity contribution < 1.29 is 9.59 Å². The van der Waals surface area contributed by atoms with Crippen LogP contribution in [0.5, 0.6) is 0 Å². The molecule has 1 aliphatic heterocycles. The highest BCUT2D eigenvalue weighted by Crippen LogP contribution is 2.10. The van der Waals surface area contributed by atoms with Gasteiger partial charge in [0.2, 0.25) is 12.3 Å². The predicted octanol–water partition coefficient (Wildman–Crippen LogP) is 0.961. The summed E-state index contributed by atoms with van der Waals surface area (Å²) in [4.78, 5) is 26.4. The highest BCUT2D eigenvalue weighted by Gasteiger charge is 2.17.